The van der Waals surface area contributed by atoms with Crippen LogP contribution in [0.15, 0.2) is 0 Å². The summed E-state index contributed by atoms with van der Waals surface area (Å²) in [4.78, 5) is 23.1. The summed E-state index contributed by atoms with van der Waals surface area (Å²) in [5, 5.41) is 5.37. The van der Waals surface area contributed by atoms with E-state index >= 15 is 0 Å². The lowest BCUT2D eigenvalue weighted by Gasteiger charge is -2.44. The first-order valence-corrected chi connectivity index (χ1v) is 7.60. The zero-order valence-electron chi connectivity index (χ0n) is 12.8. The molecular formula is C13H27N3O3S. The summed E-state index contributed by atoms with van der Waals surface area (Å²) in [6, 6.07) is -0.319. The molecule has 118 valence electrons. The SMILES string of the molecule is CNC(=O)[C@@H]1O[C@H](CN)[C@@H](C)[C@H](C)[C@H]1NC(C)=O.CS. The largest absolute Gasteiger partial charge is 0.361 e. The molecule has 1 fully saturated rings. The molecule has 0 radical (unpaired) electrons. The quantitative estimate of drug-likeness (QED) is 0.542. The number of hydrogen-bond donors (Lipinski definition) is 4. The van der Waals surface area contributed by atoms with Crippen molar-refractivity contribution in [1.82, 2.24) is 10.6 Å². The number of carbonyl (C=O) groups is 2. The second kappa shape index (κ2) is 9.20. The lowest BCUT2D eigenvalue weighted by Crippen LogP contribution is -2.62. The summed E-state index contributed by atoms with van der Waals surface area (Å²) < 4.78 is 5.73. The van der Waals surface area contributed by atoms with E-state index in [-0.39, 0.29) is 35.8 Å². The van der Waals surface area contributed by atoms with Crippen molar-refractivity contribution in [2.45, 2.75) is 39.0 Å². The van der Waals surface area contributed by atoms with Crippen LogP contribution in [-0.2, 0) is 14.3 Å². The van der Waals surface area contributed by atoms with Gasteiger partial charge < -0.3 is 21.1 Å². The molecular weight excluding hydrogens is 278 g/mol. The fourth-order valence-corrected chi connectivity index (χ4v) is 2.42. The van der Waals surface area contributed by atoms with Gasteiger partial charge in [-0.15, -0.1) is 0 Å². The van der Waals surface area contributed by atoms with E-state index < -0.39 is 6.10 Å². The third-order valence-corrected chi connectivity index (χ3v) is 3.74. The number of nitrogens with one attached hydrogen (secondary N) is 2. The topological polar surface area (TPSA) is 93.4 Å². The number of likely N-dealkylation sites (N-methyl/N-ethyl adjacent to an activating group) is 1. The summed E-state index contributed by atoms with van der Waals surface area (Å²) in [5.41, 5.74) is 5.66. The maximum atomic E-state index is 11.8. The molecule has 0 bridgehead atoms. The number of hydrogen-bond acceptors (Lipinski definition) is 5. The average molecular weight is 305 g/mol. The molecule has 1 aliphatic heterocycles. The predicted octanol–water partition coefficient (Wildman–Crippen LogP) is -0.219. The number of amides is 2. The minimum atomic E-state index is -0.682. The smallest absolute Gasteiger partial charge is 0.251 e. The van der Waals surface area contributed by atoms with Gasteiger partial charge in [0.25, 0.3) is 5.91 Å². The Bertz CT molecular complexity index is 328. The molecule has 0 aromatic carbocycles. The van der Waals surface area contributed by atoms with Crippen LogP contribution in [-0.4, -0.2) is 49.9 Å². The number of thiol groups is 1. The molecule has 7 heteroatoms. The van der Waals surface area contributed by atoms with Crippen LogP contribution in [0.2, 0.25) is 0 Å². The van der Waals surface area contributed by atoms with Crippen LogP contribution in [0.3, 0.4) is 0 Å². The van der Waals surface area contributed by atoms with Gasteiger partial charge in [-0.1, -0.05) is 13.8 Å². The summed E-state index contributed by atoms with van der Waals surface area (Å²) in [6.45, 7) is 5.84. The lowest BCUT2D eigenvalue weighted by atomic mass is 9.79. The van der Waals surface area contributed by atoms with Crippen LogP contribution in [0.25, 0.3) is 0 Å². The van der Waals surface area contributed by atoms with Crippen molar-refractivity contribution >= 4 is 24.4 Å². The van der Waals surface area contributed by atoms with Gasteiger partial charge in [-0.2, -0.15) is 12.6 Å². The van der Waals surface area contributed by atoms with Crippen LogP contribution in [0.1, 0.15) is 20.8 Å². The molecule has 1 aliphatic rings. The van der Waals surface area contributed by atoms with E-state index in [9.17, 15) is 9.59 Å². The third kappa shape index (κ3) is 4.64. The molecule has 0 aromatic heterocycles. The van der Waals surface area contributed by atoms with Gasteiger partial charge in [-0.05, 0) is 18.1 Å². The van der Waals surface area contributed by atoms with Crippen LogP contribution in [0.4, 0.5) is 0 Å². The highest BCUT2D eigenvalue weighted by Crippen LogP contribution is 2.30. The number of nitrogens with two attached hydrogens (primary N) is 1. The summed E-state index contributed by atoms with van der Waals surface area (Å²) >= 11 is 3.53. The van der Waals surface area contributed by atoms with E-state index in [0.717, 1.165) is 0 Å². The first-order valence-electron chi connectivity index (χ1n) is 6.71. The fraction of sp³-hybridized carbons (Fsp3) is 0.846. The molecule has 5 atom stereocenters. The van der Waals surface area contributed by atoms with E-state index in [2.05, 4.69) is 23.3 Å². The minimum absolute atomic E-state index is 0.124. The van der Waals surface area contributed by atoms with Gasteiger partial charge >= 0.3 is 0 Å². The summed E-state index contributed by atoms with van der Waals surface area (Å²) in [7, 11) is 1.55. The van der Waals surface area contributed by atoms with E-state index in [4.69, 9.17) is 10.5 Å². The lowest BCUT2D eigenvalue weighted by molar-refractivity contribution is -0.157. The van der Waals surface area contributed by atoms with Gasteiger partial charge in [-0.3, -0.25) is 9.59 Å². The average Bonchev–Trinajstić information content (AvgIpc) is 2.45. The Labute approximate surface area is 126 Å². The highest BCUT2D eigenvalue weighted by Gasteiger charge is 2.44. The van der Waals surface area contributed by atoms with Crippen molar-refractivity contribution in [2.24, 2.45) is 17.6 Å². The standard InChI is InChI=1S/C12H23N3O3.CH4S/c1-6-7(2)10(15-8(3)16)11(12(17)14-4)18-9(6)5-13;1-2/h6-7,9-11H,5,13H2,1-4H3,(H,14,17)(H,15,16);2H,1H3/t6-,7-,9+,10+,11+;/m0./s1. The molecule has 0 aliphatic carbocycles. The van der Waals surface area contributed by atoms with Crippen LogP contribution in [0.5, 0.6) is 0 Å². The predicted molar refractivity (Wildman–Crippen MR) is 82.6 cm³/mol. The van der Waals surface area contributed by atoms with Crippen molar-refractivity contribution in [3.05, 3.63) is 0 Å². The summed E-state index contributed by atoms with van der Waals surface area (Å²) in [6.07, 6.45) is 0.853. The molecule has 2 amide bonds. The van der Waals surface area contributed by atoms with Crippen LogP contribution in [0, 0.1) is 11.8 Å². The molecule has 4 N–H and O–H groups in total. The van der Waals surface area contributed by atoms with Gasteiger partial charge in [0.05, 0.1) is 12.1 Å². The monoisotopic (exact) mass is 305 g/mol. The van der Waals surface area contributed by atoms with Gasteiger partial charge in [0.2, 0.25) is 5.91 Å². The van der Waals surface area contributed by atoms with Gasteiger partial charge in [0, 0.05) is 20.5 Å². The van der Waals surface area contributed by atoms with E-state index in [1.165, 1.54) is 6.92 Å². The zero-order chi connectivity index (χ0) is 15.9. The van der Waals surface area contributed by atoms with Crippen molar-refractivity contribution < 1.29 is 14.3 Å². The first-order chi connectivity index (χ1) is 9.42. The maximum absolute atomic E-state index is 11.8. The highest BCUT2D eigenvalue weighted by molar-refractivity contribution is 7.79. The Balaban J connectivity index is 0.00000172. The maximum Gasteiger partial charge on any atom is 0.251 e. The number of carbonyl (C=O) groups excluding carboxylic acids is 2. The Morgan fingerprint density at radius 2 is 1.80 bits per heavy atom. The second-order valence-electron chi connectivity index (χ2n) is 4.89. The first kappa shape index (κ1) is 19.2. The molecule has 1 saturated heterocycles. The molecule has 0 saturated carbocycles. The Hall–Kier alpha value is -0.790. The van der Waals surface area contributed by atoms with E-state index in [1.54, 1.807) is 13.3 Å². The Morgan fingerprint density at radius 3 is 2.20 bits per heavy atom. The summed E-state index contributed by atoms with van der Waals surface area (Å²) in [5.74, 6) is -0.0834. The van der Waals surface area contributed by atoms with Crippen LogP contribution >= 0.6 is 12.6 Å². The van der Waals surface area contributed by atoms with E-state index in [1.807, 2.05) is 13.8 Å². The fourth-order valence-electron chi connectivity index (χ4n) is 2.42. The van der Waals surface area contributed by atoms with Crippen molar-refractivity contribution in [3.8, 4) is 0 Å². The van der Waals surface area contributed by atoms with Crippen LogP contribution < -0.4 is 16.4 Å². The van der Waals surface area contributed by atoms with Crippen molar-refractivity contribution in [3.63, 3.8) is 0 Å². The third-order valence-electron chi connectivity index (χ3n) is 3.74. The van der Waals surface area contributed by atoms with Gasteiger partial charge in [0.1, 0.15) is 0 Å². The van der Waals surface area contributed by atoms with E-state index in [0.29, 0.717) is 6.54 Å². The van der Waals surface area contributed by atoms with Gasteiger partial charge in [0.15, 0.2) is 6.10 Å². The molecule has 1 heterocycles. The minimum Gasteiger partial charge on any atom is -0.361 e. The van der Waals surface area contributed by atoms with Crippen molar-refractivity contribution in [1.29, 1.82) is 0 Å². The molecule has 0 aromatic rings. The second-order valence-corrected chi connectivity index (χ2v) is 4.89. The van der Waals surface area contributed by atoms with Gasteiger partial charge in [-0.25, -0.2) is 0 Å². The Morgan fingerprint density at radius 1 is 1.25 bits per heavy atom. The number of rotatable bonds is 3. The number of ether oxygens (including phenoxy) is 1. The molecule has 6 nitrogen and oxygen atoms in total. The molecule has 20 heavy (non-hydrogen) atoms. The normalized spacial score (nSPS) is 32.6. The zero-order valence-corrected chi connectivity index (χ0v) is 13.7. The molecule has 0 spiro atoms. The molecule has 0 unspecified atom stereocenters. The molecule has 1 rings (SSSR count). The van der Waals surface area contributed by atoms with Crippen molar-refractivity contribution in [2.75, 3.05) is 19.8 Å². The highest BCUT2D eigenvalue weighted by atomic mass is 32.1. The Kier molecular flexibility index (Phi) is 8.84.